The third-order valence-electron chi connectivity index (χ3n) is 1.06. The summed E-state index contributed by atoms with van der Waals surface area (Å²) in [5, 5.41) is 7.21. The third-order valence-corrected chi connectivity index (χ3v) is 1.27. The molecule has 0 aliphatic rings. The van der Waals surface area contributed by atoms with E-state index in [1.807, 2.05) is 0 Å². The van der Waals surface area contributed by atoms with Gasteiger partial charge in [0.25, 0.3) is 0 Å². The van der Waals surface area contributed by atoms with Crippen molar-refractivity contribution in [3.05, 3.63) is 23.0 Å². The number of nitrogen functional groups attached to an aromatic ring is 1. The van der Waals surface area contributed by atoms with Crippen molar-refractivity contribution < 1.29 is 0 Å². The van der Waals surface area contributed by atoms with Crippen molar-refractivity contribution in [2.75, 3.05) is 5.73 Å². The largest absolute Gasteiger partial charge is 0.397 e. The van der Waals surface area contributed by atoms with E-state index in [9.17, 15) is 0 Å². The van der Waals surface area contributed by atoms with E-state index in [1.165, 1.54) is 0 Å². The van der Waals surface area contributed by atoms with E-state index in [1.54, 1.807) is 12.1 Å². The maximum Gasteiger partial charge on any atom is 0.129 e. The molecule has 0 saturated carbocycles. The van der Waals surface area contributed by atoms with E-state index < -0.39 is 0 Å². The van der Waals surface area contributed by atoms with Crippen LogP contribution in [0.25, 0.3) is 0 Å². The first-order valence-corrected chi connectivity index (χ1v) is 3.04. The van der Waals surface area contributed by atoms with E-state index in [4.69, 9.17) is 22.7 Å². The van der Waals surface area contributed by atoms with Crippen LogP contribution in [0.15, 0.2) is 12.1 Å². The topological polar surface area (TPSA) is 62.8 Å². The van der Waals surface area contributed by atoms with Gasteiger partial charge in [-0.2, -0.15) is 0 Å². The van der Waals surface area contributed by atoms with Crippen LogP contribution < -0.4 is 5.73 Å². The molecule has 0 aromatic carbocycles. The van der Waals surface area contributed by atoms with Crippen LogP contribution >= 0.6 is 11.6 Å². The van der Waals surface area contributed by atoms with E-state index in [-0.39, 0.29) is 0 Å². The van der Waals surface area contributed by atoms with Crippen LogP contribution in [0.3, 0.4) is 0 Å². The van der Waals surface area contributed by atoms with Crippen molar-refractivity contribution in [3.8, 4) is 0 Å². The maximum absolute atomic E-state index is 6.86. The van der Waals surface area contributed by atoms with Gasteiger partial charge in [0.1, 0.15) is 10.8 Å². The average Bonchev–Trinajstić information content (AvgIpc) is 1.94. The number of hydrogen-bond donors (Lipinski definition) is 2. The summed E-state index contributed by atoms with van der Waals surface area (Å²) in [7, 11) is 0. The monoisotopic (exact) mass is 155 g/mol. The molecule has 0 bridgehead atoms. The lowest BCUT2D eigenvalue weighted by Gasteiger charge is -1.96. The van der Waals surface area contributed by atoms with Crippen LogP contribution in [-0.2, 0) is 0 Å². The van der Waals surface area contributed by atoms with E-state index in [0.717, 1.165) is 6.21 Å². The summed E-state index contributed by atoms with van der Waals surface area (Å²) in [6.45, 7) is 0. The molecular formula is C6H6ClN3. The minimum Gasteiger partial charge on any atom is -0.397 e. The first-order valence-electron chi connectivity index (χ1n) is 2.66. The Balaban J connectivity index is 3.21. The molecule has 1 heterocycles. The highest BCUT2D eigenvalue weighted by atomic mass is 35.5. The van der Waals surface area contributed by atoms with Gasteiger partial charge in [0, 0.05) is 6.21 Å². The van der Waals surface area contributed by atoms with Gasteiger partial charge in [-0.05, 0) is 12.1 Å². The summed E-state index contributed by atoms with van der Waals surface area (Å²) in [6, 6.07) is 3.21. The molecule has 3 N–H and O–H groups in total. The van der Waals surface area contributed by atoms with Crippen LogP contribution in [0.5, 0.6) is 0 Å². The maximum atomic E-state index is 6.86. The Bertz CT molecular complexity index is 259. The molecule has 0 unspecified atom stereocenters. The lowest BCUT2D eigenvalue weighted by Crippen LogP contribution is -1.95. The summed E-state index contributed by atoms with van der Waals surface area (Å²) in [4.78, 5) is 3.79. The van der Waals surface area contributed by atoms with E-state index >= 15 is 0 Å². The van der Waals surface area contributed by atoms with Crippen molar-refractivity contribution in [1.29, 1.82) is 5.41 Å². The third kappa shape index (κ3) is 1.25. The average molecular weight is 156 g/mol. The Morgan fingerprint density at radius 3 is 2.80 bits per heavy atom. The molecule has 1 aromatic heterocycles. The van der Waals surface area contributed by atoms with Gasteiger partial charge in [-0.3, -0.25) is 0 Å². The van der Waals surface area contributed by atoms with Gasteiger partial charge >= 0.3 is 0 Å². The lowest BCUT2D eigenvalue weighted by atomic mass is 10.3. The normalized spacial score (nSPS) is 9.30. The number of rotatable bonds is 1. The van der Waals surface area contributed by atoms with Gasteiger partial charge in [-0.25, -0.2) is 4.98 Å². The second-order valence-corrected chi connectivity index (χ2v) is 2.14. The van der Waals surface area contributed by atoms with Gasteiger partial charge in [0.05, 0.1) is 5.69 Å². The number of nitrogens with one attached hydrogen (secondary N) is 1. The fourth-order valence-electron chi connectivity index (χ4n) is 0.576. The van der Waals surface area contributed by atoms with Gasteiger partial charge in [0.15, 0.2) is 0 Å². The second kappa shape index (κ2) is 2.66. The predicted molar refractivity (Wildman–Crippen MR) is 41.5 cm³/mol. The highest BCUT2D eigenvalue weighted by Crippen LogP contribution is 2.10. The van der Waals surface area contributed by atoms with Gasteiger partial charge in [0.2, 0.25) is 0 Å². The zero-order chi connectivity index (χ0) is 7.56. The molecule has 0 amide bonds. The zero-order valence-corrected chi connectivity index (χ0v) is 5.89. The molecule has 52 valence electrons. The molecule has 0 aliphatic carbocycles. The first kappa shape index (κ1) is 7.02. The summed E-state index contributed by atoms with van der Waals surface area (Å²) in [5.41, 5.74) is 6.31. The number of pyridine rings is 1. The molecule has 1 aromatic rings. The molecule has 10 heavy (non-hydrogen) atoms. The quantitative estimate of drug-likeness (QED) is 0.475. The number of aromatic nitrogens is 1. The van der Waals surface area contributed by atoms with E-state index in [0.29, 0.717) is 16.5 Å². The summed E-state index contributed by atoms with van der Waals surface area (Å²) in [6.07, 6.45) is 1.07. The standard InChI is InChI=1S/C6H6ClN3/c7-6-2-1-4(9)5(3-8)10-6/h1-3,8H,9H2. The fraction of sp³-hybridized carbons (Fsp3) is 0. The summed E-state index contributed by atoms with van der Waals surface area (Å²) >= 11 is 5.53. The number of anilines is 1. The van der Waals surface area contributed by atoms with Crippen molar-refractivity contribution in [3.63, 3.8) is 0 Å². The molecule has 1 rings (SSSR count). The smallest absolute Gasteiger partial charge is 0.129 e. The molecule has 0 radical (unpaired) electrons. The molecule has 0 aliphatic heterocycles. The van der Waals surface area contributed by atoms with Crippen molar-refractivity contribution in [2.45, 2.75) is 0 Å². The molecule has 0 atom stereocenters. The highest BCUT2D eigenvalue weighted by Gasteiger charge is 1.96. The minimum atomic E-state index is 0.354. The number of nitrogens with two attached hydrogens (primary N) is 1. The van der Waals surface area contributed by atoms with Crippen LogP contribution in [0.2, 0.25) is 5.15 Å². The first-order chi connectivity index (χ1) is 4.74. The fourth-order valence-corrected chi connectivity index (χ4v) is 0.730. The minimum absolute atomic E-state index is 0.354. The van der Waals surface area contributed by atoms with Gasteiger partial charge < -0.3 is 11.1 Å². The zero-order valence-electron chi connectivity index (χ0n) is 5.13. The summed E-state index contributed by atoms with van der Waals surface area (Å²) in [5.74, 6) is 0. The predicted octanol–water partition coefficient (Wildman–Crippen LogP) is 1.31. The van der Waals surface area contributed by atoms with Crippen molar-refractivity contribution in [1.82, 2.24) is 4.98 Å². The Kier molecular flexibility index (Phi) is 1.87. The molecule has 0 spiro atoms. The van der Waals surface area contributed by atoms with Crippen molar-refractivity contribution >= 4 is 23.5 Å². The van der Waals surface area contributed by atoms with E-state index in [2.05, 4.69) is 4.98 Å². The molecule has 0 fully saturated rings. The Labute approximate surface area is 63.3 Å². The van der Waals surface area contributed by atoms with Crippen LogP contribution in [0.4, 0.5) is 5.69 Å². The van der Waals surface area contributed by atoms with Gasteiger partial charge in [-0.15, -0.1) is 0 Å². The van der Waals surface area contributed by atoms with Crippen molar-refractivity contribution in [2.24, 2.45) is 0 Å². The van der Waals surface area contributed by atoms with Crippen LogP contribution in [-0.4, -0.2) is 11.2 Å². The Morgan fingerprint density at radius 2 is 2.30 bits per heavy atom. The molecule has 4 heteroatoms. The number of hydrogen-bond acceptors (Lipinski definition) is 3. The second-order valence-electron chi connectivity index (χ2n) is 1.75. The molecular weight excluding hydrogens is 150 g/mol. The highest BCUT2D eigenvalue weighted by molar-refractivity contribution is 6.29. The van der Waals surface area contributed by atoms with Crippen LogP contribution in [0, 0.1) is 5.41 Å². The Morgan fingerprint density at radius 1 is 1.60 bits per heavy atom. The number of halogens is 1. The van der Waals surface area contributed by atoms with Crippen LogP contribution in [0.1, 0.15) is 5.69 Å². The SMILES string of the molecule is N=Cc1nc(Cl)ccc1N. The van der Waals surface area contributed by atoms with Gasteiger partial charge in [-0.1, -0.05) is 11.6 Å². The molecule has 3 nitrogen and oxygen atoms in total. The lowest BCUT2D eigenvalue weighted by molar-refractivity contribution is 1.30. The number of nitrogens with zero attached hydrogens (tertiary/aromatic N) is 1. The summed E-state index contributed by atoms with van der Waals surface area (Å²) < 4.78 is 0. The Hall–Kier alpha value is -1.09. The molecule has 0 saturated heterocycles.